The Kier molecular flexibility index (Phi) is 14.7. The van der Waals surface area contributed by atoms with Crippen LogP contribution in [-0.4, -0.2) is 5.25 Å². The van der Waals surface area contributed by atoms with Gasteiger partial charge in [-0.05, 0) is 53.4 Å². The molecular weight excluding hydrogens is 212 g/mol. The average Bonchev–Trinajstić information content (AvgIpc) is 2.18. The molecule has 0 aliphatic carbocycles. The number of hydrogen-bond donors (Lipinski definition) is 1. The van der Waals surface area contributed by atoms with Crippen molar-refractivity contribution < 1.29 is 0 Å². The number of allylic oxidation sites excluding steroid dienone is 3. The minimum absolute atomic E-state index is 0.396. The van der Waals surface area contributed by atoms with Gasteiger partial charge in [0, 0.05) is 5.25 Å². The van der Waals surface area contributed by atoms with E-state index in [2.05, 4.69) is 52.5 Å². The van der Waals surface area contributed by atoms with Crippen molar-refractivity contribution in [3.05, 3.63) is 23.3 Å². The maximum absolute atomic E-state index is 4.34. The minimum Gasteiger partial charge on any atom is -0.172 e. The predicted octanol–water partition coefficient (Wildman–Crippen LogP) is 5.80. The summed E-state index contributed by atoms with van der Waals surface area (Å²) in [5.74, 6) is 0. The number of rotatable bonds is 6. The monoisotopic (exact) mass is 242 g/mol. The Morgan fingerprint density at radius 2 is 1.69 bits per heavy atom. The molecule has 1 atom stereocenters. The average molecular weight is 242 g/mol. The molecule has 0 aliphatic heterocycles. The summed E-state index contributed by atoms with van der Waals surface area (Å²) < 4.78 is 0. The van der Waals surface area contributed by atoms with Crippen molar-refractivity contribution in [1.82, 2.24) is 0 Å². The van der Waals surface area contributed by atoms with Crippen LogP contribution in [0, 0.1) is 0 Å². The molecule has 0 nitrogen and oxygen atoms in total. The fraction of sp³-hybridized carbons (Fsp3) is 0.733. The van der Waals surface area contributed by atoms with Gasteiger partial charge in [0.1, 0.15) is 0 Å². The molecule has 0 N–H and O–H groups in total. The Hall–Kier alpha value is -0.170. The summed E-state index contributed by atoms with van der Waals surface area (Å²) in [4.78, 5) is 0. The second-order valence-corrected chi connectivity index (χ2v) is 5.10. The second-order valence-electron chi connectivity index (χ2n) is 4.28. The molecule has 0 spiro atoms. The largest absolute Gasteiger partial charge is 0.172 e. The minimum atomic E-state index is 0.396. The lowest BCUT2D eigenvalue weighted by molar-refractivity contribution is 0.738. The third-order valence-electron chi connectivity index (χ3n) is 2.10. The van der Waals surface area contributed by atoms with Gasteiger partial charge in [0.15, 0.2) is 0 Å². The van der Waals surface area contributed by atoms with Crippen LogP contribution in [0.4, 0.5) is 0 Å². The lowest BCUT2D eigenvalue weighted by Gasteiger charge is -2.02. The quantitative estimate of drug-likeness (QED) is 0.339. The van der Waals surface area contributed by atoms with E-state index in [1.807, 2.05) is 13.8 Å². The summed E-state index contributed by atoms with van der Waals surface area (Å²) in [6.45, 7) is 12.6. The molecular formula is C15H30S. The Morgan fingerprint density at radius 3 is 2.12 bits per heavy atom. The first-order valence-electron chi connectivity index (χ1n) is 6.51. The summed E-state index contributed by atoms with van der Waals surface area (Å²) in [7, 11) is 0. The van der Waals surface area contributed by atoms with Crippen LogP contribution in [0.1, 0.15) is 67.2 Å². The molecule has 0 rings (SSSR count). The highest BCUT2D eigenvalue weighted by molar-refractivity contribution is 7.81. The molecule has 1 heteroatoms. The summed E-state index contributed by atoms with van der Waals surface area (Å²) in [6, 6.07) is 0. The molecule has 0 radical (unpaired) electrons. The fourth-order valence-electron chi connectivity index (χ4n) is 1.43. The van der Waals surface area contributed by atoms with Gasteiger partial charge in [-0.15, -0.1) is 0 Å². The number of thiol groups is 1. The van der Waals surface area contributed by atoms with Gasteiger partial charge in [0.25, 0.3) is 0 Å². The van der Waals surface area contributed by atoms with E-state index in [9.17, 15) is 0 Å². The topological polar surface area (TPSA) is 0 Å². The van der Waals surface area contributed by atoms with Crippen molar-refractivity contribution in [1.29, 1.82) is 0 Å². The van der Waals surface area contributed by atoms with E-state index in [-0.39, 0.29) is 0 Å². The van der Waals surface area contributed by atoms with Crippen molar-refractivity contribution >= 4 is 12.6 Å². The molecule has 0 heterocycles. The Bertz CT molecular complexity index is 195. The first-order chi connectivity index (χ1) is 7.52. The Balaban J connectivity index is 0. The zero-order valence-corrected chi connectivity index (χ0v) is 12.9. The summed E-state index contributed by atoms with van der Waals surface area (Å²) >= 11 is 4.34. The van der Waals surface area contributed by atoms with E-state index in [1.54, 1.807) is 0 Å². The van der Waals surface area contributed by atoms with Gasteiger partial charge < -0.3 is 0 Å². The van der Waals surface area contributed by atoms with Crippen LogP contribution in [0.2, 0.25) is 0 Å². The van der Waals surface area contributed by atoms with E-state index >= 15 is 0 Å². The van der Waals surface area contributed by atoms with Crippen LogP contribution in [0.5, 0.6) is 0 Å². The molecule has 16 heavy (non-hydrogen) atoms. The SMILES string of the molecule is CC.CC(C)=CCCCC/C(C)=C/[C@H](C)S. The van der Waals surface area contributed by atoms with Crippen LogP contribution in [0.3, 0.4) is 0 Å². The molecule has 0 aliphatic rings. The van der Waals surface area contributed by atoms with Gasteiger partial charge in [-0.2, -0.15) is 12.6 Å². The molecule has 96 valence electrons. The summed E-state index contributed by atoms with van der Waals surface area (Å²) in [5.41, 5.74) is 2.91. The van der Waals surface area contributed by atoms with Crippen LogP contribution in [0.15, 0.2) is 23.3 Å². The van der Waals surface area contributed by atoms with Gasteiger partial charge in [-0.3, -0.25) is 0 Å². The van der Waals surface area contributed by atoms with Crippen LogP contribution >= 0.6 is 12.6 Å². The third kappa shape index (κ3) is 16.3. The van der Waals surface area contributed by atoms with Crippen molar-refractivity contribution in [2.45, 2.75) is 72.5 Å². The molecule has 0 aromatic carbocycles. The van der Waals surface area contributed by atoms with Crippen molar-refractivity contribution in [3.63, 3.8) is 0 Å². The zero-order chi connectivity index (χ0) is 13.0. The third-order valence-corrected chi connectivity index (χ3v) is 2.25. The predicted molar refractivity (Wildman–Crippen MR) is 81.5 cm³/mol. The van der Waals surface area contributed by atoms with Gasteiger partial charge in [-0.25, -0.2) is 0 Å². The van der Waals surface area contributed by atoms with Crippen LogP contribution < -0.4 is 0 Å². The maximum Gasteiger partial charge on any atom is 0.0170 e. The highest BCUT2D eigenvalue weighted by Crippen LogP contribution is 2.11. The van der Waals surface area contributed by atoms with Crippen LogP contribution in [0.25, 0.3) is 0 Å². The fourth-order valence-corrected chi connectivity index (χ4v) is 1.69. The van der Waals surface area contributed by atoms with E-state index in [0.29, 0.717) is 5.25 Å². The standard InChI is InChI=1S/C13H24S.C2H6/c1-11(2)8-6-5-7-9-12(3)10-13(4)14;1-2/h8,10,13-14H,5-7,9H2,1-4H3;1-2H3/b12-10+;/t13-;/m0./s1. The highest BCUT2D eigenvalue weighted by atomic mass is 32.1. The lowest BCUT2D eigenvalue weighted by Crippen LogP contribution is -1.87. The zero-order valence-electron chi connectivity index (χ0n) is 12.0. The van der Waals surface area contributed by atoms with Crippen LogP contribution in [-0.2, 0) is 0 Å². The summed E-state index contributed by atoms with van der Waals surface area (Å²) in [6.07, 6.45) is 9.61. The van der Waals surface area contributed by atoms with Gasteiger partial charge in [0.2, 0.25) is 0 Å². The molecule has 0 saturated heterocycles. The van der Waals surface area contributed by atoms with Gasteiger partial charge >= 0.3 is 0 Å². The normalized spacial score (nSPS) is 12.6. The Morgan fingerprint density at radius 1 is 1.12 bits per heavy atom. The molecule has 0 amide bonds. The first-order valence-corrected chi connectivity index (χ1v) is 7.02. The van der Waals surface area contributed by atoms with E-state index < -0.39 is 0 Å². The molecule has 0 fully saturated rings. The maximum atomic E-state index is 4.34. The van der Waals surface area contributed by atoms with E-state index in [1.165, 1.54) is 36.8 Å². The van der Waals surface area contributed by atoms with Gasteiger partial charge in [0.05, 0.1) is 0 Å². The van der Waals surface area contributed by atoms with Crippen molar-refractivity contribution in [3.8, 4) is 0 Å². The van der Waals surface area contributed by atoms with E-state index in [0.717, 1.165) is 0 Å². The Labute approximate surface area is 109 Å². The van der Waals surface area contributed by atoms with E-state index in [4.69, 9.17) is 0 Å². The number of unbranched alkanes of at least 4 members (excludes halogenated alkanes) is 2. The molecule has 0 unspecified atom stereocenters. The second kappa shape index (κ2) is 12.9. The smallest absolute Gasteiger partial charge is 0.0170 e. The highest BCUT2D eigenvalue weighted by Gasteiger charge is 1.93. The molecule has 0 aromatic heterocycles. The summed E-state index contributed by atoms with van der Waals surface area (Å²) in [5, 5.41) is 0.396. The number of hydrogen-bond acceptors (Lipinski definition) is 1. The molecule has 0 saturated carbocycles. The lowest BCUT2D eigenvalue weighted by atomic mass is 10.1. The van der Waals surface area contributed by atoms with Crippen molar-refractivity contribution in [2.24, 2.45) is 0 Å². The molecule has 0 bridgehead atoms. The van der Waals surface area contributed by atoms with Crippen molar-refractivity contribution in [2.75, 3.05) is 0 Å². The van der Waals surface area contributed by atoms with Gasteiger partial charge in [-0.1, -0.05) is 37.1 Å². The first kappa shape index (κ1) is 18.2. The molecule has 0 aromatic rings.